The molecule has 0 aromatic rings. The highest BCUT2D eigenvalue weighted by molar-refractivity contribution is 5.01. The van der Waals surface area contributed by atoms with Crippen molar-refractivity contribution in [3.63, 3.8) is 0 Å². The first-order chi connectivity index (χ1) is 7.18. The van der Waals surface area contributed by atoms with Crippen LogP contribution >= 0.6 is 0 Å². The van der Waals surface area contributed by atoms with Crippen LogP contribution in [0, 0.1) is 0 Å². The normalized spacial score (nSPS) is 24.9. The summed E-state index contributed by atoms with van der Waals surface area (Å²) in [6.07, 6.45) is 6.60. The molecule has 0 aliphatic carbocycles. The van der Waals surface area contributed by atoms with E-state index < -0.39 is 6.17 Å². The fourth-order valence-corrected chi connectivity index (χ4v) is 1.51. The second kappa shape index (κ2) is 6.49. The van der Waals surface area contributed by atoms with E-state index in [-0.39, 0.29) is 0 Å². The zero-order valence-corrected chi connectivity index (χ0v) is 9.65. The number of allylic oxidation sites excluding steroid dienone is 4. The molecule has 0 amide bonds. The number of alkyl halides is 1. The zero-order chi connectivity index (χ0) is 11.1. The van der Waals surface area contributed by atoms with Gasteiger partial charge in [-0.2, -0.15) is 0 Å². The van der Waals surface area contributed by atoms with Crippen molar-refractivity contribution in [2.45, 2.75) is 39.3 Å². The number of halogens is 1. The summed E-state index contributed by atoms with van der Waals surface area (Å²) < 4.78 is 12.2. The molecule has 2 heterocycles. The van der Waals surface area contributed by atoms with Gasteiger partial charge in [-0.05, 0) is 26.7 Å². The van der Waals surface area contributed by atoms with Crippen LogP contribution in [-0.4, -0.2) is 19.3 Å². The molecule has 0 aromatic carbocycles. The molecule has 0 spiro atoms. The topological polar surface area (TPSA) is 24.1 Å². The highest BCUT2D eigenvalue weighted by Gasteiger charge is 2.07. The number of hydrogen-bond acceptors (Lipinski definition) is 2. The monoisotopic (exact) mass is 212 g/mol. The van der Waals surface area contributed by atoms with Gasteiger partial charge in [0.2, 0.25) is 0 Å². The van der Waals surface area contributed by atoms with Crippen molar-refractivity contribution in [3.05, 3.63) is 23.5 Å². The van der Waals surface area contributed by atoms with Gasteiger partial charge in [-0.3, -0.25) is 0 Å². The molecule has 2 aliphatic rings. The van der Waals surface area contributed by atoms with E-state index in [0.717, 1.165) is 5.70 Å². The largest absolute Gasteiger partial charge is 0.389 e. The lowest BCUT2D eigenvalue weighted by Crippen LogP contribution is -2.25. The summed E-state index contributed by atoms with van der Waals surface area (Å²) in [6.45, 7) is 5.72. The van der Waals surface area contributed by atoms with Crippen molar-refractivity contribution < 1.29 is 4.39 Å². The third kappa shape index (κ3) is 5.45. The van der Waals surface area contributed by atoms with Gasteiger partial charge >= 0.3 is 0 Å². The van der Waals surface area contributed by atoms with E-state index in [1.807, 2.05) is 13.0 Å². The molecule has 2 rings (SSSR count). The maximum Gasteiger partial charge on any atom is 0.121 e. The number of hydrogen-bond donors (Lipinski definition) is 2. The SMILES string of the molecule is CC1=CCC(F)CN1.CC1=CCCCN1. The quantitative estimate of drug-likeness (QED) is 0.644. The first kappa shape index (κ1) is 12.1. The number of nitrogens with one attached hydrogen (secondary N) is 2. The highest BCUT2D eigenvalue weighted by atomic mass is 19.1. The molecule has 86 valence electrons. The van der Waals surface area contributed by atoms with Gasteiger partial charge in [-0.25, -0.2) is 4.39 Å². The van der Waals surface area contributed by atoms with E-state index in [2.05, 4.69) is 23.6 Å². The van der Waals surface area contributed by atoms with Crippen LogP contribution in [0.5, 0.6) is 0 Å². The minimum Gasteiger partial charge on any atom is -0.389 e. The molecule has 2 N–H and O–H groups in total. The lowest BCUT2D eigenvalue weighted by Gasteiger charge is -2.14. The zero-order valence-electron chi connectivity index (χ0n) is 9.65. The maximum atomic E-state index is 12.2. The van der Waals surface area contributed by atoms with Crippen LogP contribution in [-0.2, 0) is 0 Å². The molecule has 0 bridgehead atoms. The van der Waals surface area contributed by atoms with Crippen LogP contribution in [0.25, 0.3) is 0 Å². The molecule has 1 unspecified atom stereocenters. The molecule has 2 nitrogen and oxygen atoms in total. The Kier molecular flexibility index (Phi) is 5.22. The smallest absolute Gasteiger partial charge is 0.121 e. The lowest BCUT2D eigenvalue weighted by atomic mass is 10.2. The van der Waals surface area contributed by atoms with E-state index in [0.29, 0.717) is 13.0 Å². The Bertz CT molecular complexity index is 246. The van der Waals surface area contributed by atoms with E-state index >= 15 is 0 Å². The van der Waals surface area contributed by atoms with E-state index in [1.165, 1.54) is 25.1 Å². The molecule has 0 saturated carbocycles. The van der Waals surface area contributed by atoms with Gasteiger partial charge < -0.3 is 10.6 Å². The van der Waals surface area contributed by atoms with Gasteiger partial charge in [0.1, 0.15) is 6.17 Å². The van der Waals surface area contributed by atoms with Crippen LogP contribution in [0.1, 0.15) is 33.1 Å². The third-order valence-corrected chi connectivity index (χ3v) is 2.52. The van der Waals surface area contributed by atoms with Crippen molar-refractivity contribution in [2.24, 2.45) is 0 Å². The predicted molar refractivity (Wildman–Crippen MR) is 62.3 cm³/mol. The first-order valence-corrected chi connectivity index (χ1v) is 5.64. The van der Waals surface area contributed by atoms with Crippen molar-refractivity contribution in [3.8, 4) is 0 Å². The molecular weight excluding hydrogens is 191 g/mol. The second-order valence-corrected chi connectivity index (χ2v) is 4.06. The predicted octanol–water partition coefficient (Wildman–Crippen LogP) is 2.50. The summed E-state index contributed by atoms with van der Waals surface area (Å²) in [5.74, 6) is 0. The summed E-state index contributed by atoms with van der Waals surface area (Å²) in [5.41, 5.74) is 2.44. The van der Waals surface area contributed by atoms with Crippen LogP contribution in [0.2, 0.25) is 0 Å². The van der Waals surface area contributed by atoms with E-state index in [9.17, 15) is 4.39 Å². The van der Waals surface area contributed by atoms with E-state index in [4.69, 9.17) is 0 Å². The second-order valence-electron chi connectivity index (χ2n) is 4.06. The minimum absolute atomic E-state index is 0.488. The Morgan fingerprint density at radius 1 is 1.20 bits per heavy atom. The summed E-state index contributed by atoms with van der Waals surface area (Å²) in [7, 11) is 0. The van der Waals surface area contributed by atoms with Gasteiger partial charge in [0.05, 0.1) is 0 Å². The molecular formula is C12H21FN2. The molecule has 3 heteroatoms. The summed E-state index contributed by atoms with van der Waals surface area (Å²) in [4.78, 5) is 0. The fraction of sp³-hybridized carbons (Fsp3) is 0.667. The van der Waals surface area contributed by atoms with Gasteiger partial charge in [0.25, 0.3) is 0 Å². The van der Waals surface area contributed by atoms with E-state index in [1.54, 1.807) is 0 Å². The maximum absolute atomic E-state index is 12.2. The Balaban J connectivity index is 0.000000151. The Morgan fingerprint density at radius 3 is 2.27 bits per heavy atom. The molecule has 0 radical (unpaired) electrons. The average Bonchev–Trinajstić information content (AvgIpc) is 2.25. The van der Waals surface area contributed by atoms with Gasteiger partial charge in [-0.1, -0.05) is 12.2 Å². The molecule has 0 fully saturated rings. The Hall–Kier alpha value is -0.990. The van der Waals surface area contributed by atoms with Gasteiger partial charge in [0, 0.05) is 30.9 Å². The lowest BCUT2D eigenvalue weighted by molar-refractivity contribution is 0.318. The fourth-order valence-electron chi connectivity index (χ4n) is 1.51. The van der Waals surface area contributed by atoms with Crippen LogP contribution in [0.4, 0.5) is 4.39 Å². The van der Waals surface area contributed by atoms with Crippen molar-refractivity contribution >= 4 is 0 Å². The highest BCUT2D eigenvalue weighted by Crippen LogP contribution is 2.05. The molecule has 0 aromatic heterocycles. The molecule has 1 atom stereocenters. The van der Waals surface area contributed by atoms with Gasteiger partial charge in [-0.15, -0.1) is 0 Å². The summed E-state index contributed by atoms with van der Waals surface area (Å²) in [5, 5.41) is 6.16. The Labute approximate surface area is 91.6 Å². The number of rotatable bonds is 0. The summed E-state index contributed by atoms with van der Waals surface area (Å²) >= 11 is 0. The third-order valence-electron chi connectivity index (χ3n) is 2.52. The standard InChI is InChI=1S/C6H10FN.C6H11N/c1-5-2-3-6(7)4-8-5;1-6-4-2-3-5-7-6/h2,6,8H,3-4H2,1H3;4,7H,2-3,5H2,1H3. The van der Waals surface area contributed by atoms with Gasteiger partial charge in [0.15, 0.2) is 0 Å². The minimum atomic E-state index is -0.668. The molecule has 0 saturated heterocycles. The molecule has 2 aliphatic heterocycles. The van der Waals surface area contributed by atoms with Crippen molar-refractivity contribution in [1.82, 2.24) is 10.6 Å². The Morgan fingerprint density at radius 2 is 1.93 bits per heavy atom. The van der Waals surface area contributed by atoms with Crippen molar-refractivity contribution in [1.29, 1.82) is 0 Å². The molecule has 15 heavy (non-hydrogen) atoms. The van der Waals surface area contributed by atoms with Crippen LogP contribution in [0.3, 0.4) is 0 Å². The van der Waals surface area contributed by atoms with Crippen molar-refractivity contribution in [2.75, 3.05) is 13.1 Å². The summed E-state index contributed by atoms with van der Waals surface area (Å²) in [6, 6.07) is 0. The van der Waals surface area contributed by atoms with Crippen LogP contribution in [0.15, 0.2) is 23.5 Å². The van der Waals surface area contributed by atoms with Crippen LogP contribution < -0.4 is 10.6 Å². The first-order valence-electron chi connectivity index (χ1n) is 5.64. The average molecular weight is 212 g/mol.